The largest absolute Gasteiger partial charge is 0.497 e. The van der Waals surface area contributed by atoms with Crippen LogP contribution < -0.4 is 26.0 Å². The maximum Gasteiger partial charge on any atom is 0.332 e. The first-order chi connectivity index (χ1) is 14.3. The van der Waals surface area contributed by atoms with Crippen molar-refractivity contribution in [3.05, 3.63) is 50.8 Å². The number of aromatic nitrogens is 3. The van der Waals surface area contributed by atoms with Crippen LogP contribution in [0.3, 0.4) is 0 Å². The lowest BCUT2D eigenvalue weighted by atomic mass is 10.2. The number of methoxy groups -OCH3 is 2. The zero-order valence-electron chi connectivity index (χ0n) is 17.3. The van der Waals surface area contributed by atoms with Crippen LogP contribution in [-0.2, 0) is 18.9 Å². The lowest BCUT2D eigenvalue weighted by Crippen LogP contribution is -2.37. The molecule has 0 aliphatic rings. The Morgan fingerprint density at radius 1 is 1.17 bits per heavy atom. The number of benzene rings is 1. The Kier molecular flexibility index (Phi) is 6.16. The van der Waals surface area contributed by atoms with Crippen LogP contribution in [0.25, 0.3) is 11.0 Å². The highest BCUT2D eigenvalue weighted by atomic mass is 32.2. The molecule has 30 heavy (non-hydrogen) atoms. The smallest absolute Gasteiger partial charge is 0.332 e. The van der Waals surface area contributed by atoms with Gasteiger partial charge in [-0.1, -0.05) is 0 Å². The number of ether oxygens (including phenoxy) is 2. The molecule has 0 aliphatic carbocycles. The molecule has 0 aliphatic heterocycles. The van der Waals surface area contributed by atoms with Gasteiger partial charge in [-0.2, -0.15) is 0 Å². The van der Waals surface area contributed by atoms with Gasteiger partial charge in [0.15, 0.2) is 0 Å². The lowest BCUT2D eigenvalue weighted by Gasteiger charge is -2.13. The molecule has 0 fully saturated rings. The number of fused-ring (bicyclic) bond motifs is 1. The Morgan fingerprint density at radius 2 is 1.90 bits per heavy atom. The van der Waals surface area contributed by atoms with Crippen molar-refractivity contribution in [1.29, 1.82) is 0 Å². The summed E-state index contributed by atoms with van der Waals surface area (Å²) < 4.78 is 12.8. The van der Waals surface area contributed by atoms with E-state index >= 15 is 0 Å². The minimum Gasteiger partial charge on any atom is -0.497 e. The van der Waals surface area contributed by atoms with Crippen molar-refractivity contribution in [2.24, 2.45) is 14.1 Å². The highest BCUT2D eigenvalue weighted by molar-refractivity contribution is 8.00. The van der Waals surface area contributed by atoms with Crippen LogP contribution in [0.5, 0.6) is 11.5 Å². The quantitative estimate of drug-likeness (QED) is 0.594. The van der Waals surface area contributed by atoms with E-state index in [0.717, 1.165) is 10.1 Å². The average Bonchev–Trinajstić information content (AvgIpc) is 2.75. The van der Waals surface area contributed by atoms with Gasteiger partial charge in [0, 0.05) is 31.3 Å². The van der Waals surface area contributed by atoms with Crippen molar-refractivity contribution in [3.8, 4) is 11.5 Å². The highest BCUT2D eigenvalue weighted by Crippen LogP contribution is 2.30. The van der Waals surface area contributed by atoms with E-state index in [2.05, 4.69) is 10.3 Å². The molecule has 0 atom stereocenters. The Morgan fingerprint density at radius 3 is 2.57 bits per heavy atom. The van der Waals surface area contributed by atoms with Crippen LogP contribution in [0.1, 0.15) is 5.56 Å². The molecule has 9 nitrogen and oxygen atoms in total. The molecule has 0 spiro atoms. The van der Waals surface area contributed by atoms with Gasteiger partial charge < -0.3 is 14.8 Å². The zero-order valence-corrected chi connectivity index (χ0v) is 18.1. The Hall–Kier alpha value is -3.27. The Balaban J connectivity index is 1.89. The molecule has 0 unspecified atom stereocenters. The zero-order chi connectivity index (χ0) is 22.0. The molecule has 1 N–H and O–H groups in total. The van der Waals surface area contributed by atoms with Gasteiger partial charge in [-0.3, -0.25) is 18.7 Å². The third-order valence-corrected chi connectivity index (χ3v) is 5.85. The van der Waals surface area contributed by atoms with Crippen LogP contribution in [0.2, 0.25) is 0 Å². The SMILES string of the molecule is COc1ccc(NC(=O)CSc2c(C)cnc3c2c(=O)n(C)c(=O)n3C)c(OC)c1. The molecule has 2 heterocycles. The molecule has 0 bridgehead atoms. The van der Waals surface area contributed by atoms with Crippen molar-refractivity contribution < 1.29 is 14.3 Å². The Bertz CT molecular complexity index is 1250. The third-order valence-electron chi connectivity index (χ3n) is 4.63. The predicted molar refractivity (Wildman–Crippen MR) is 116 cm³/mol. The number of carbonyl (C=O) groups excluding carboxylic acids is 1. The van der Waals surface area contributed by atoms with Gasteiger partial charge in [-0.15, -0.1) is 11.8 Å². The first-order valence-electron chi connectivity index (χ1n) is 8.98. The number of thioether (sulfide) groups is 1. The molecule has 0 radical (unpaired) electrons. The molecule has 1 aromatic carbocycles. The minimum atomic E-state index is -0.454. The van der Waals surface area contributed by atoms with E-state index in [9.17, 15) is 14.4 Å². The standard InChI is InChI=1S/C20H22N4O5S/c1-11-9-21-18-16(19(26)24(3)20(27)23(18)2)17(11)30-10-15(25)22-13-7-6-12(28-4)8-14(13)29-5/h6-9H,10H2,1-5H3,(H,22,25). The normalized spacial score (nSPS) is 10.8. The van der Waals surface area contributed by atoms with Crippen molar-refractivity contribution in [3.63, 3.8) is 0 Å². The number of hydrogen-bond donors (Lipinski definition) is 1. The minimum absolute atomic E-state index is 0.0567. The second-order valence-corrected chi connectivity index (χ2v) is 7.56. The van der Waals surface area contributed by atoms with E-state index in [0.29, 0.717) is 27.5 Å². The first kappa shape index (κ1) is 21.4. The lowest BCUT2D eigenvalue weighted by molar-refractivity contribution is -0.113. The Labute approximate surface area is 176 Å². The fourth-order valence-electron chi connectivity index (χ4n) is 3.01. The average molecular weight is 430 g/mol. The predicted octanol–water partition coefficient (Wildman–Crippen LogP) is 1.69. The molecule has 3 aromatic rings. The maximum absolute atomic E-state index is 12.7. The second kappa shape index (κ2) is 8.62. The van der Waals surface area contributed by atoms with E-state index in [1.54, 1.807) is 38.6 Å². The molecular weight excluding hydrogens is 408 g/mol. The molecule has 0 saturated heterocycles. The van der Waals surface area contributed by atoms with Gasteiger partial charge in [-0.05, 0) is 24.6 Å². The number of pyridine rings is 1. The third kappa shape index (κ3) is 3.90. The van der Waals surface area contributed by atoms with Crippen molar-refractivity contribution in [2.75, 3.05) is 25.3 Å². The van der Waals surface area contributed by atoms with E-state index in [4.69, 9.17) is 9.47 Å². The summed E-state index contributed by atoms with van der Waals surface area (Å²) in [6.45, 7) is 1.81. The van der Waals surface area contributed by atoms with Gasteiger partial charge in [0.05, 0.1) is 31.0 Å². The number of carbonyl (C=O) groups is 1. The van der Waals surface area contributed by atoms with Crippen molar-refractivity contribution >= 4 is 34.4 Å². The second-order valence-electron chi connectivity index (χ2n) is 6.58. The summed E-state index contributed by atoms with van der Waals surface area (Å²) in [6, 6.07) is 5.09. The number of amides is 1. The molecule has 158 valence electrons. The monoisotopic (exact) mass is 430 g/mol. The molecule has 10 heteroatoms. The van der Waals surface area contributed by atoms with Gasteiger partial charge in [0.25, 0.3) is 5.56 Å². The topological polar surface area (TPSA) is 104 Å². The summed E-state index contributed by atoms with van der Waals surface area (Å²) in [7, 11) is 6.03. The number of nitrogens with one attached hydrogen (secondary N) is 1. The van der Waals surface area contributed by atoms with Gasteiger partial charge in [0.2, 0.25) is 5.91 Å². The molecule has 0 saturated carbocycles. The summed E-state index contributed by atoms with van der Waals surface area (Å²) >= 11 is 1.22. The summed E-state index contributed by atoms with van der Waals surface area (Å²) in [5.74, 6) is 0.873. The number of aryl methyl sites for hydroxylation is 2. The molecule has 2 aromatic heterocycles. The summed E-state index contributed by atoms with van der Waals surface area (Å²) in [5, 5.41) is 3.12. The summed E-state index contributed by atoms with van der Waals surface area (Å²) in [6.07, 6.45) is 1.59. The molecule has 3 rings (SSSR count). The van der Waals surface area contributed by atoms with Crippen LogP contribution in [0, 0.1) is 6.92 Å². The van der Waals surface area contributed by atoms with Gasteiger partial charge in [0.1, 0.15) is 17.1 Å². The fourth-order valence-corrected chi connectivity index (χ4v) is 3.96. The highest BCUT2D eigenvalue weighted by Gasteiger charge is 2.17. The number of rotatable bonds is 6. The number of hydrogen-bond acceptors (Lipinski definition) is 7. The van der Waals surface area contributed by atoms with Crippen LogP contribution >= 0.6 is 11.8 Å². The van der Waals surface area contributed by atoms with Crippen molar-refractivity contribution in [1.82, 2.24) is 14.1 Å². The van der Waals surface area contributed by atoms with Crippen LogP contribution in [0.15, 0.2) is 38.9 Å². The van der Waals surface area contributed by atoms with E-state index < -0.39 is 11.2 Å². The van der Waals surface area contributed by atoms with E-state index in [1.165, 1.54) is 30.5 Å². The van der Waals surface area contributed by atoms with E-state index in [-0.39, 0.29) is 17.3 Å². The summed E-state index contributed by atoms with van der Waals surface area (Å²) in [5.41, 5.74) is 0.651. The number of anilines is 1. The molecular formula is C20H22N4O5S. The van der Waals surface area contributed by atoms with Crippen molar-refractivity contribution in [2.45, 2.75) is 11.8 Å². The van der Waals surface area contributed by atoms with Gasteiger partial charge >= 0.3 is 5.69 Å². The fraction of sp³-hybridized carbons (Fsp3) is 0.300. The van der Waals surface area contributed by atoms with E-state index in [1.807, 2.05) is 6.92 Å². The van der Waals surface area contributed by atoms with Crippen LogP contribution in [-0.4, -0.2) is 40.0 Å². The van der Waals surface area contributed by atoms with Gasteiger partial charge in [-0.25, -0.2) is 9.78 Å². The first-order valence-corrected chi connectivity index (χ1v) is 9.97. The molecule has 1 amide bonds. The maximum atomic E-state index is 12.7. The summed E-state index contributed by atoms with van der Waals surface area (Å²) in [4.78, 5) is 42.3. The van der Waals surface area contributed by atoms with Crippen LogP contribution in [0.4, 0.5) is 5.69 Å². The number of nitrogens with zero attached hydrogens (tertiary/aromatic N) is 3.